The van der Waals surface area contributed by atoms with Gasteiger partial charge in [-0.3, -0.25) is 9.48 Å². The number of nitrogens with zero attached hydrogens (tertiary/aromatic N) is 3. The zero-order chi connectivity index (χ0) is 17.4. The number of carbonyl (C=O) groups excluding carboxylic acids is 1. The summed E-state index contributed by atoms with van der Waals surface area (Å²) in [6.45, 7) is 2.42. The van der Waals surface area contributed by atoms with Crippen molar-refractivity contribution in [2.45, 2.75) is 19.4 Å². The molecule has 0 saturated carbocycles. The highest BCUT2D eigenvalue weighted by molar-refractivity contribution is 5.92. The Labute approximate surface area is 144 Å². The van der Waals surface area contributed by atoms with Gasteiger partial charge in [-0.05, 0) is 12.1 Å². The van der Waals surface area contributed by atoms with Gasteiger partial charge in [-0.1, -0.05) is 24.2 Å². The van der Waals surface area contributed by atoms with Crippen LogP contribution in [-0.4, -0.2) is 27.5 Å². The molecule has 0 fully saturated rings. The Morgan fingerprint density at radius 1 is 1.36 bits per heavy atom. The quantitative estimate of drug-likeness (QED) is 0.790. The number of aryl methyl sites for hydroxylation is 2. The molecule has 0 radical (unpaired) electrons. The second-order valence-corrected chi connectivity index (χ2v) is 5.96. The van der Waals surface area contributed by atoms with Crippen LogP contribution in [0.5, 0.6) is 5.75 Å². The van der Waals surface area contributed by atoms with E-state index in [1.165, 1.54) is 0 Å². The lowest BCUT2D eigenvalue weighted by atomic mass is 10.0. The van der Waals surface area contributed by atoms with Gasteiger partial charge in [0.2, 0.25) is 0 Å². The molecule has 25 heavy (non-hydrogen) atoms. The minimum Gasteiger partial charge on any atom is -0.491 e. The summed E-state index contributed by atoms with van der Waals surface area (Å²) in [5, 5.41) is 11.1. The fourth-order valence-corrected chi connectivity index (χ4v) is 2.93. The van der Waals surface area contributed by atoms with Crippen LogP contribution in [0.3, 0.4) is 0 Å². The van der Waals surface area contributed by atoms with E-state index in [1.54, 1.807) is 24.0 Å². The Morgan fingerprint density at radius 2 is 2.24 bits per heavy atom. The average molecular weight is 338 g/mol. The molecule has 1 amide bonds. The number of rotatable bonds is 4. The Morgan fingerprint density at radius 3 is 2.96 bits per heavy atom. The number of fused-ring (bicyclic) bond motifs is 1. The van der Waals surface area contributed by atoms with E-state index >= 15 is 0 Å². The Balaban J connectivity index is 1.55. The van der Waals surface area contributed by atoms with Crippen molar-refractivity contribution in [2.75, 3.05) is 6.61 Å². The predicted octanol–water partition coefficient (Wildman–Crippen LogP) is 2.50. The number of aromatic nitrogens is 3. The van der Waals surface area contributed by atoms with Gasteiger partial charge in [0.1, 0.15) is 29.5 Å². The summed E-state index contributed by atoms with van der Waals surface area (Å²) in [6.07, 6.45) is 2.40. The first-order valence-electron chi connectivity index (χ1n) is 8.17. The number of nitrogens with one attached hydrogen (secondary N) is 1. The normalized spacial score (nSPS) is 15.7. The number of benzene rings is 1. The number of ether oxygens (including phenoxy) is 1. The molecule has 2 aromatic heterocycles. The Hall–Kier alpha value is -3.09. The van der Waals surface area contributed by atoms with Crippen molar-refractivity contribution in [1.29, 1.82) is 0 Å². The van der Waals surface area contributed by atoms with Crippen molar-refractivity contribution in [3.05, 3.63) is 53.5 Å². The summed E-state index contributed by atoms with van der Waals surface area (Å²) < 4.78 is 12.6. The topological polar surface area (TPSA) is 82.2 Å². The predicted molar refractivity (Wildman–Crippen MR) is 90.2 cm³/mol. The van der Waals surface area contributed by atoms with E-state index in [-0.39, 0.29) is 11.9 Å². The third-order valence-corrected chi connectivity index (χ3v) is 4.36. The molecule has 1 N–H and O–H groups in total. The molecule has 0 bridgehead atoms. The highest BCUT2D eigenvalue weighted by Gasteiger charge is 2.27. The SMILES string of the molecule is CCc1cc(-c2ccc3c(c2)OC[C@H]3NC(=O)c2ccnn2C)no1. The minimum atomic E-state index is -0.185. The van der Waals surface area contributed by atoms with Crippen LogP contribution < -0.4 is 10.1 Å². The molecule has 128 valence electrons. The first-order chi connectivity index (χ1) is 12.2. The second-order valence-electron chi connectivity index (χ2n) is 5.96. The molecule has 0 unspecified atom stereocenters. The van der Waals surface area contributed by atoms with Gasteiger partial charge in [0, 0.05) is 36.9 Å². The fourth-order valence-electron chi connectivity index (χ4n) is 2.93. The third kappa shape index (κ3) is 2.77. The van der Waals surface area contributed by atoms with Gasteiger partial charge in [-0.15, -0.1) is 0 Å². The molecule has 0 aliphatic carbocycles. The summed E-state index contributed by atoms with van der Waals surface area (Å²) in [5.74, 6) is 1.43. The van der Waals surface area contributed by atoms with Crippen molar-refractivity contribution in [2.24, 2.45) is 7.05 Å². The van der Waals surface area contributed by atoms with E-state index in [4.69, 9.17) is 9.26 Å². The van der Waals surface area contributed by atoms with Crippen LogP contribution in [0.1, 0.15) is 34.8 Å². The molecule has 7 nitrogen and oxygen atoms in total. The number of carbonyl (C=O) groups is 1. The fraction of sp³-hybridized carbons (Fsp3) is 0.278. The molecule has 1 aromatic carbocycles. The molecule has 1 aliphatic rings. The van der Waals surface area contributed by atoms with Crippen LogP contribution in [0.4, 0.5) is 0 Å². The van der Waals surface area contributed by atoms with Crippen LogP contribution >= 0.6 is 0 Å². The van der Waals surface area contributed by atoms with Crippen molar-refractivity contribution < 1.29 is 14.1 Å². The highest BCUT2D eigenvalue weighted by atomic mass is 16.5. The van der Waals surface area contributed by atoms with Crippen LogP contribution in [0.15, 0.2) is 41.1 Å². The van der Waals surface area contributed by atoms with Gasteiger partial charge in [0.15, 0.2) is 0 Å². The first-order valence-corrected chi connectivity index (χ1v) is 8.17. The van der Waals surface area contributed by atoms with Gasteiger partial charge < -0.3 is 14.6 Å². The van der Waals surface area contributed by atoms with E-state index in [1.807, 2.05) is 31.2 Å². The summed E-state index contributed by atoms with van der Waals surface area (Å²) >= 11 is 0. The standard InChI is InChI=1S/C18H18N4O3/c1-3-12-9-14(21-25-12)11-4-5-13-15(10-24-17(13)8-11)20-18(23)16-6-7-19-22(16)2/h4-9,15H,3,10H2,1-2H3,(H,20,23)/t15-/m1/s1. The van der Waals surface area contributed by atoms with E-state index in [2.05, 4.69) is 15.6 Å². The monoisotopic (exact) mass is 338 g/mol. The van der Waals surface area contributed by atoms with Crippen LogP contribution in [0.25, 0.3) is 11.3 Å². The maximum atomic E-state index is 12.4. The second kappa shape index (κ2) is 6.08. The third-order valence-electron chi connectivity index (χ3n) is 4.36. The molecule has 1 atom stereocenters. The number of hydrogen-bond donors (Lipinski definition) is 1. The van der Waals surface area contributed by atoms with Gasteiger partial charge in [-0.25, -0.2) is 0 Å². The Bertz CT molecular complexity index is 928. The molecule has 1 aliphatic heterocycles. The molecule has 0 saturated heterocycles. The molecule has 7 heteroatoms. The molecular formula is C18H18N4O3. The van der Waals surface area contributed by atoms with Crippen molar-refractivity contribution in [3.8, 4) is 17.0 Å². The summed E-state index contributed by atoms with van der Waals surface area (Å²) in [6, 6.07) is 9.29. The lowest BCUT2D eigenvalue weighted by Gasteiger charge is -2.11. The molecule has 3 heterocycles. The maximum absolute atomic E-state index is 12.4. The van der Waals surface area contributed by atoms with Crippen LogP contribution in [0.2, 0.25) is 0 Å². The van der Waals surface area contributed by atoms with Crippen LogP contribution in [-0.2, 0) is 13.5 Å². The van der Waals surface area contributed by atoms with Gasteiger partial charge in [0.25, 0.3) is 5.91 Å². The number of amides is 1. The zero-order valence-electron chi connectivity index (χ0n) is 14.0. The van der Waals surface area contributed by atoms with Crippen molar-refractivity contribution in [3.63, 3.8) is 0 Å². The smallest absolute Gasteiger partial charge is 0.270 e. The van der Waals surface area contributed by atoms with Gasteiger partial charge in [-0.2, -0.15) is 5.10 Å². The van der Waals surface area contributed by atoms with E-state index < -0.39 is 0 Å². The molecule has 4 rings (SSSR count). The Kier molecular flexibility index (Phi) is 3.76. The van der Waals surface area contributed by atoms with Crippen molar-refractivity contribution >= 4 is 5.91 Å². The summed E-state index contributed by atoms with van der Waals surface area (Å²) in [4.78, 5) is 12.4. The van der Waals surface area contributed by atoms with Gasteiger partial charge in [0.05, 0.1) is 6.04 Å². The first kappa shape index (κ1) is 15.4. The lowest BCUT2D eigenvalue weighted by molar-refractivity contribution is 0.0920. The van der Waals surface area contributed by atoms with Gasteiger partial charge >= 0.3 is 0 Å². The van der Waals surface area contributed by atoms with E-state index in [0.29, 0.717) is 12.3 Å². The maximum Gasteiger partial charge on any atom is 0.270 e. The average Bonchev–Trinajstić information content (AvgIpc) is 3.34. The zero-order valence-corrected chi connectivity index (χ0v) is 14.0. The molecular weight excluding hydrogens is 320 g/mol. The summed E-state index contributed by atoms with van der Waals surface area (Å²) in [7, 11) is 1.74. The van der Waals surface area contributed by atoms with E-state index in [0.717, 1.165) is 34.8 Å². The lowest BCUT2D eigenvalue weighted by Crippen LogP contribution is -2.30. The largest absolute Gasteiger partial charge is 0.491 e. The van der Waals surface area contributed by atoms with Crippen LogP contribution in [0, 0.1) is 0 Å². The van der Waals surface area contributed by atoms with Crippen molar-refractivity contribution in [1.82, 2.24) is 20.3 Å². The summed E-state index contributed by atoms with van der Waals surface area (Å²) in [5.41, 5.74) is 3.18. The molecule has 0 spiro atoms. The minimum absolute atomic E-state index is 0.172. The number of hydrogen-bond acceptors (Lipinski definition) is 5. The highest BCUT2D eigenvalue weighted by Crippen LogP contribution is 2.36. The molecule has 3 aromatic rings. The van der Waals surface area contributed by atoms with E-state index in [9.17, 15) is 4.79 Å².